The third-order valence-corrected chi connectivity index (χ3v) is 4.53. The summed E-state index contributed by atoms with van der Waals surface area (Å²) in [6, 6.07) is 13.6. The molecule has 2 aromatic carbocycles. The zero-order valence-electron chi connectivity index (χ0n) is 11.7. The number of sulfonamides is 1. The number of nitrogens with one attached hydrogen (secondary N) is 1. The molecule has 2 aromatic rings. The van der Waals surface area contributed by atoms with Crippen LogP contribution in [0.15, 0.2) is 53.4 Å². The zero-order valence-corrected chi connectivity index (χ0v) is 12.6. The molecule has 0 aliphatic rings. The molecule has 0 unspecified atom stereocenters. The van der Waals surface area contributed by atoms with E-state index in [4.69, 9.17) is 10.5 Å². The van der Waals surface area contributed by atoms with Crippen LogP contribution in [0.25, 0.3) is 0 Å². The number of ether oxygens (including phenoxy) is 1. The second kappa shape index (κ2) is 6.60. The van der Waals surface area contributed by atoms with E-state index in [1.54, 1.807) is 19.2 Å². The number of anilines is 1. The number of benzene rings is 2. The first kappa shape index (κ1) is 15.3. The molecule has 5 nitrogen and oxygen atoms in total. The molecule has 6 heteroatoms. The number of nitrogen functional groups attached to an aromatic ring is 1. The Hall–Kier alpha value is -2.05. The molecule has 0 saturated heterocycles. The molecule has 112 valence electrons. The van der Waals surface area contributed by atoms with Gasteiger partial charge in [-0.2, -0.15) is 0 Å². The van der Waals surface area contributed by atoms with Crippen molar-refractivity contribution >= 4 is 15.7 Å². The van der Waals surface area contributed by atoms with Gasteiger partial charge >= 0.3 is 0 Å². The van der Waals surface area contributed by atoms with Crippen LogP contribution in [0.4, 0.5) is 5.69 Å². The predicted octanol–water partition coefficient (Wildman–Crippen LogP) is 1.80. The fourth-order valence-corrected chi connectivity index (χ4v) is 2.88. The van der Waals surface area contributed by atoms with E-state index in [0.717, 1.165) is 11.3 Å². The Balaban J connectivity index is 1.93. The molecule has 0 aromatic heterocycles. The third kappa shape index (κ3) is 4.21. The van der Waals surface area contributed by atoms with Gasteiger partial charge in [0.1, 0.15) is 5.75 Å². The van der Waals surface area contributed by atoms with Crippen LogP contribution in [0.2, 0.25) is 0 Å². The molecule has 0 heterocycles. The van der Waals surface area contributed by atoms with Crippen molar-refractivity contribution in [2.24, 2.45) is 0 Å². The molecule has 3 N–H and O–H groups in total. The van der Waals surface area contributed by atoms with Gasteiger partial charge in [-0.3, -0.25) is 0 Å². The van der Waals surface area contributed by atoms with Crippen molar-refractivity contribution in [2.45, 2.75) is 11.3 Å². The summed E-state index contributed by atoms with van der Waals surface area (Å²) in [5.41, 5.74) is 7.12. The van der Waals surface area contributed by atoms with Crippen molar-refractivity contribution < 1.29 is 13.2 Å². The van der Waals surface area contributed by atoms with Gasteiger partial charge in [0.2, 0.25) is 10.0 Å². The van der Waals surface area contributed by atoms with E-state index in [1.807, 2.05) is 24.3 Å². The van der Waals surface area contributed by atoms with Crippen LogP contribution >= 0.6 is 0 Å². The predicted molar refractivity (Wildman–Crippen MR) is 82.7 cm³/mol. The normalized spacial score (nSPS) is 11.3. The van der Waals surface area contributed by atoms with Crippen molar-refractivity contribution in [2.75, 3.05) is 19.4 Å². The molecule has 0 amide bonds. The molecule has 21 heavy (non-hydrogen) atoms. The van der Waals surface area contributed by atoms with E-state index in [-0.39, 0.29) is 4.90 Å². The average molecular weight is 306 g/mol. The molecule has 2 rings (SSSR count). The van der Waals surface area contributed by atoms with Gasteiger partial charge in [0.15, 0.2) is 0 Å². The summed E-state index contributed by atoms with van der Waals surface area (Å²) in [6.45, 7) is 0.332. The molecular weight excluding hydrogens is 288 g/mol. The quantitative estimate of drug-likeness (QED) is 0.797. The Labute approximate surface area is 124 Å². The smallest absolute Gasteiger partial charge is 0.240 e. The second-order valence-electron chi connectivity index (χ2n) is 4.56. The zero-order chi connectivity index (χ0) is 15.3. The highest BCUT2D eigenvalue weighted by molar-refractivity contribution is 7.89. The maximum atomic E-state index is 12.1. The third-order valence-electron chi connectivity index (χ3n) is 3.06. The van der Waals surface area contributed by atoms with E-state index in [1.165, 1.54) is 12.1 Å². The standard InChI is InChI=1S/C15H18N2O3S/c1-20-14-6-2-12(3-7-14)10-11-17-21(18,19)15-8-4-13(16)5-9-15/h2-9,17H,10-11,16H2,1H3. The Morgan fingerprint density at radius 1 is 1.05 bits per heavy atom. The summed E-state index contributed by atoms with van der Waals surface area (Å²) in [5.74, 6) is 0.779. The summed E-state index contributed by atoms with van der Waals surface area (Å²) < 4.78 is 31.8. The molecule has 0 saturated carbocycles. The van der Waals surface area contributed by atoms with E-state index in [9.17, 15) is 8.42 Å². The monoisotopic (exact) mass is 306 g/mol. The molecular formula is C15H18N2O3S. The number of nitrogens with two attached hydrogens (primary N) is 1. The molecule has 0 radical (unpaired) electrons. The lowest BCUT2D eigenvalue weighted by Gasteiger charge is -2.07. The molecule has 0 bridgehead atoms. The largest absolute Gasteiger partial charge is 0.497 e. The minimum Gasteiger partial charge on any atom is -0.497 e. The Morgan fingerprint density at radius 3 is 2.24 bits per heavy atom. The van der Waals surface area contributed by atoms with Crippen molar-refractivity contribution in [1.29, 1.82) is 0 Å². The lowest BCUT2D eigenvalue weighted by atomic mass is 10.1. The SMILES string of the molecule is COc1ccc(CCNS(=O)(=O)c2ccc(N)cc2)cc1. The maximum absolute atomic E-state index is 12.1. The minimum absolute atomic E-state index is 0.214. The summed E-state index contributed by atoms with van der Waals surface area (Å²) in [7, 11) is -1.88. The van der Waals surface area contributed by atoms with Crippen LogP contribution < -0.4 is 15.2 Å². The van der Waals surface area contributed by atoms with Crippen molar-refractivity contribution in [3.63, 3.8) is 0 Å². The summed E-state index contributed by atoms with van der Waals surface area (Å²) in [6.07, 6.45) is 0.609. The first-order valence-corrected chi connectivity index (χ1v) is 7.98. The Bertz CT molecular complexity index is 680. The highest BCUT2D eigenvalue weighted by Gasteiger charge is 2.12. The highest BCUT2D eigenvalue weighted by Crippen LogP contribution is 2.13. The maximum Gasteiger partial charge on any atom is 0.240 e. The summed E-state index contributed by atoms with van der Waals surface area (Å²) in [5, 5.41) is 0. The van der Waals surface area contributed by atoms with Crippen LogP contribution in [0.3, 0.4) is 0 Å². The number of rotatable bonds is 6. The molecule has 0 fully saturated rings. The first-order chi connectivity index (χ1) is 10.0. The van der Waals surface area contributed by atoms with Gasteiger partial charge in [-0.15, -0.1) is 0 Å². The van der Waals surface area contributed by atoms with Crippen LogP contribution in [-0.2, 0) is 16.4 Å². The second-order valence-corrected chi connectivity index (χ2v) is 6.33. The van der Waals surface area contributed by atoms with Gasteiger partial charge in [0.05, 0.1) is 12.0 Å². The van der Waals surface area contributed by atoms with Gasteiger partial charge in [-0.05, 0) is 48.4 Å². The van der Waals surface area contributed by atoms with Crippen LogP contribution in [0, 0.1) is 0 Å². The van der Waals surface area contributed by atoms with Crippen molar-refractivity contribution in [3.05, 3.63) is 54.1 Å². The van der Waals surface area contributed by atoms with Gasteiger partial charge in [-0.25, -0.2) is 13.1 Å². The average Bonchev–Trinajstić information content (AvgIpc) is 2.48. The van der Waals surface area contributed by atoms with Crippen LogP contribution in [-0.4, -0.2) is 22.1 Å². The van der Waals surface area contributed by atoms with Crippen LogP contribution in [0.5, 0.6) is 5.75 Å². The van der Waals surface area contributed by atoms with Crippen LogP contribution in [0.1, 0.15) is 5.56 Å². The molecule has 0 aliphatic carbocycles. The van der Waals surface area contributed by atoms with Crippen molar-refractivity contribution in [3.8, 4) is 5.75 Å². The van der Waals surface area contributed by atoms with Crippen molar-refractivity contribution in [1.82, 2.24) is 4.72 Å². The number of methoxy groups -OCH3 is 1. The fourth-order valence-electron chi connectivity index (χ4n) is 1.85. The first-order valence-electron chi connectivity index (χ1n) is 6.49. The summed E-state index contributed by atoms with van der Waals surface area (Å²) in [4.78, 5) is 0.214. The highest BCUT2D eigenvalue weighted by atomic mass is 32.2. The molecule has 0 spiro atoms. The Kier molecular flexibility index (Phi) is 4.82. The van der Waals surface area contributed by atoms with E-state index in [2.05, 4.69) is 4.72 Å². The number of hydrogen-bond acceptors (Lipinski definition) is 4. The summed E-state index contributed by atoms with van der Waals surface area (Å²) >= 11 is 0. The Morgan fingerprint density at radius 2 is 1.67 bits per heavy atom. The van der Waals surface area contributed by atoms with Gasteiger partial charge < -0.3 is 10.5 Å². The van der Waals surface area contributed by atoms with E-state index >= 15 is 0 Å². The fraction of sp³-hybridized carbons (Fsp3) is 0.200. The van der Waals surface area contributed by atoms with E-state index in [0.29, 0.717) is 18.7 Å². The molecule has 0 atom stereocenters. The molecule has 0 aliphatic heterocycles. The van der Waals surface area contributed by atoms with E-state index < -0.39 is 10.0 Å². The van der Waals surface area contributed by atoms with Gasteiger partial charge in [0.25, 0.3) is 0 Å². The minimum atomic E-state index is -3.49. The van der Waals surface area contributed by atoms with Gasteiger partial charge in [0, 0.05) is 12.2 Å². The van der Waals surface area contributed by atoms with Gasteiger partial charge in [-0.1, -0.05) is 12.1 Å². The number of hydrogen-bond donors (Lipinski definition) is 2. The lowest BCUT2D eigenvalue weighted by molar-refractivity contribution is 0.414. The topological polar surface area (TPSA) is 81.4 Å². The lowest BCUT2D eigenvalue weighted by Crippen LogP contribution is -2.25.